The van der Waals surface area contributed by atoms with E-state index in [9.17, 15) is 4.79 Å². The number of nitrogens with one attached hydrogen (secondary N) is 1. The molecule has 0 saturated heterocycles. The number of benzene rings is 2. The molecule has 0 bridgehead atoms. The molecule has 24 heavy (non-hydrogen) atoms. The zero-order valence-electron chi connectivity index (χ0n) is 12.8. The van der Waals surface area contributed by atoms with E-state index in [1.807, 2.05) is 18.2 Å². The van der Waals surface area contributed by atoms with Crippen LogP contribution in [0.5, 0.6) is 0 Å². The molecule has 4 aromatic rings. The van der Waals surface area contributed by atoms with Crippen molar-refractivity contribution >= 4 is 22.6 Å². The largest absolute Gasteiger partial charge is 0.322 e. The maximum atomic E-state index is 12.7. The molecule has 0 saturated carbocycles. The normalized spacial score (nSPS) is 10.9. The van der Waals surface area contributed by atoms with Crippen molar-refractivity contribution in [3.05, 3.63) is 60.7 Å². The number of nitrogens with zero attached hydrogens (tertiary/aromatic N) is 6. The molecule has 8 nitrogen and oxygen atoms in total. The van der Waals surface area contributed by atoms with E-state index in [1.165, 1.54) is 11.1 Å². The van der Waals surface area contributed by atoms with Crippen LogP contribution in [-0.4, -0.2) is 35.7 Å². The molecule has 1 N–H and O–H groups in total. The van der Waals surface area contributed by atoms with Gasteiger partial charge in [0.25, 0.3) is 5.91 Å². The maximum absolute atomic E-state index is 12.7. The number of amides is 1. The van der Waals surface area contributed by atoms with Crippen LogP contribution < -0.4 is 5.32 Å². The van der Waals surface area contributed by atoms with Gasteiger partial charge in [0.2, 0.25) is 0 Å². The molecular formula is C16H13N7O. The van der Waals surface area contributed by atoms with Gasteiger partial charge in [-0.2, -0.15) is 20.1 Å². The minimum atomic E-state index is -0.232. The van der Waals surface area contributed by atoms with E-state index in [4.69, 9.17) is 0 Å². The Morgan fingerprint density at radius 3 is 2.75 bits per heavy atom. The molecule has 0 unspecified atom stereocenters. The van der Waals surface area contributed by atoms with Crippen molar-refractivity contribution in [1.82, 2.24) is 29.8 Å². The highest BCUT2D eigenvalue weighted by molar-refractivity contribution is 6.07. The lowest BCUT2D eigenvalue weighted by Gasteiger charge is -2.09. The summed E-state index contributed by atoms with van der Waals surface area (Å²) < 4.78 is 1.56. The fourth-order valence-corrected chi connectivity index (χ4v) is 2.50. The Morgan fingerprint density at radius 1 is 1.08 bits per heavy atom. The first-order valence-corrected chi connectivity index (χ1v) is 7.27. The quantitative estimate of drug-likeness (QED) is 0.622. The summed E-state index contributed by atoms with van der Waals surface area (Å²) in [5.74, 6) is -0.232. The van der Waals surface area contributed by atoms with Crippen molar-refractivity contribution in [3.63, 3.8) is 0 Å². The number of carbonyl (C=O) groups excluding carboxylic acids is 1. The third-order valence-corrected chi connectivity index (χ3v) is 3.55. The highest BCUT2D eigenvalue weighted by Gasteiger charge is 2.13. The third kappa shape index (κ3) is 2.50. The Labute approximate surface area is 136 Å². The number of hydrogen-bond acceptors (Lipinski definition) is 5. The van der Waals surface area contributed by atoms with Crippen molar-refractivity contribution in [2.75, 3.05) is 5.32 Å². The summed E-state index contributed by atoms with van der Waals surface area (Å²) in [5.41, 5.74) is 3.31. The first-order chi connectivity index (χ1) is 11.7. The SMILES string of the molecule is Cn1nc2ccc(NC(=O)c3ccccc3-n3cncn3)cc2n1. The second-order valence-corrected chi connectivity index (χ2v) is 5.20. The summed E-state index contributed by atoms with van der Waals surface area (Å²) in [6.45, 7) is 0. The van der Waals surface area contributed by atoms with Gasteiger partial charge in [0.05, 0.1) is 11.3 Å². The number of aromatic nitrogens is 6. The van der Waals surface area contributed by atoms with Crippen LogP contribution in [0.4, 0.5) is 5.69 Å². The predicted molar refractivity (Wildman–Crippen MR) is 87.8 cm³/mol. The Balaban J connectivity index is 1.66. The summed E-state index contributed by atoms with van der Waals surface area (Å²) in [6.07, 6.45) is 2.98. The number of para-hydroxylation sites is 1. The van der Waals surface area contributed by atoms with Gasteiger partial charge in [0.15, 0.2) is 0 Å². The Bertz CT molecular complexity index is 1020. The van der Waals surface area contributed by atoms with Crippen molar-refractivity contribution in [1.29, 1.82) is 0 Å². The Kier molecular flexibility index (Phi) is 3.27. The summed E-state index contributed by atoms with van der Waals surface area (Å²) >= 11 is 0. The van der Waals surface area contributed by atoms with E-state index >= 15 is 0 Å². The summed E-state index contributed by atoms with van der Waals surface area (Å²) in [5, 5.41) is 15.4. The van der Waals surface area contributed by atoms with Gasteiger partial charge in [-0.3, -0.25) is 4.79 Å². The summed E-state index contributed by atoms with van der Waals surface area (Å²) in [4.78, 5) is 18.1. The zero-order valence-corrected chi connectivity index (χ0v) is 12.8. The van der Waals surface area contributed by atoms with Crippen molar-refractivity contribution in [2.45, 2.75) is 0 Å². The summed E-state index contributed by atoms with van der Waals surface area (Å²) in [7, 11) is 1.76. The minimum absolute atomic E-state index is 0.232. The van der Waals surface area contributed by atoms with E-state index in [-0.39, 0.29) is 5.91 Å². The number of rotatable bonds is 3. The number of fused-ring (bicyclic) bond motifs is 1. The molecule has 0 aliphatic heterocycles. The molecular weight excluding hydrogens is 306 g/mol. The molecule has 1 amide bonds. The predicted octanol–water partition coefficient (Wildman–Crippen LogP) is 1.80. The average molecular weight is 319 g/mol. The second kappa shape index (κ2) is 5.58. The van der Waals surface area contributed by atoms with E-state index in [1.54, 1.807) is 42.3 Å². The van der Waals surface area contributed by atoms with Gasteiger partial charge in [0, 0.05) is 12.7 Å². The Hall–Kier alpha value is -3.55. The van der Waals surface area contributed by atoms with E-state index < -0.39 is 0 Å². The van der Waals surface area contributed by atoms with Crippen molar-refractivity contribution < 1.29 is 4.79 Å². The lowest BCUT2D eigenvalue weighted by atomic mass is 10.1. The van der Waals surface area contributed by atoms with E-state index in [2.05, 4.69) is 25.6 Å². The van der Waals surface area contributed by atoms with Gasteiger partial charge in [0.1, 0.15) is 23.7 Å². The molecule has 0 fully saturated rings. The number of aryl methyl sites for hydroxylation is 1. The van der Waals surface area contributed by atoms with Crippen molar-refractivity contribution in [2.24, 2.45) is 7.05 Å². The third-order valence-electron chi connectivity index (χ3n) is 3.55. The van der Waals surface area contributed by atoms with Gasteiger partial charge < -0.3 is 5.32 Å². The molecule has 2 heterocycles. The van der Waals surface area contributed by atoms with Crippen LogP contribution in [0.2, 0.25) is 0 Å². The monoisotopic (exact) mass is 319 g/mol. The lowest BCUT2D eigenvalue weighted by Crippen LogP contribution is -2.15. The molecule has 2 aromatic heterocycles. The molecule has 0 atom stereocenters. The van der Waals surface area contributed by atoms with E-state index in [0.29, 0.717) is 16.9 Å². The molecule has 4 rings (SSSR count). The highest BCUT2D eigenvalue weighted by Crippen LogP contribution is 2.18. The Morgan fingerprint density at radius 2 is 1.92 bits per heavy atom. The molecule has 118 valence electrons. The van der Waals surface area contributed by atoms with Gasteiger partial charge >= 0.3 is 0 Å². The van der Waals surface area contributed by atoms with E-state index in [0.717, 1.165) is 11.0 Å². The molecule has 8 heteroatoms. The minimum Gasteiger partial charge on any atom is -0.322 e. The zero-order chi connectivity index (χ0) is 16.5. The molecule has 2 aromatic carbocycles. The molecule has 0 aliphatic rings. The molecule has 0 aliphatic carbocycles. The van der Waals surface area contributed by atoms with Crippen LogP contribution in [0, 0.1) is 0 Å². The molecule has 0 radical (unpaired) electrons. The lowest BCUT2D eigenvalue weighted by molar-refractivity contribution is 0.102. The van der Waals surface area contributed by atoms with Crippen LogP contribution >= 0.6 is 0 Å². The van der Waals surface area contributed by atoms with Crippen molar-refractivity contribution in [3.8, 4) is 5.69 Å². The van der Waals surface area contributed by atoms with Crippen LogP contribution in [0.25, 0.3) is 16.7 Å². The maximum Gasteiger partial charge on any atom is 0.257 e. The van der Waals surface area contributed by atoms with Gasteiger partial charge in [-0.15, -0.1) is 0 Å². The summed E-state index contributed by atoms with van der Waals surface area (Å²) in [6, 6.07) is 12.6. The first-order valence-electron chi connectivity index (χ1n) is 7.27. The van der Waals surface area contributed by atoms with Gasteiger partial charge in [-0.25, -0.2) is 9.67 Å². The highest BCUT2D eigenvalue weighted by atomic mass is 16.1. The first kappa shape index (κ1) is 14.1. The fraction of sp³-hybridized carbons (Fsp3) is 0.0625. The van der Waals surface area contributed by atoms with Gasteiger partial charge in [-0.05, 0) is 30.3 Å². The average Bonchev–Trinajstić information content (AvgIpc) is 3.23. The topological polar surface area (TPSA) is 90.5 Å². The van der Waals surface area contributed by atoms with Crippen LogP contribution in [0.3, 0.4) is 0 Å². The smallest absolute Gasteiger partial charge is 0.257 e. The number of hydrogen-bond donors (Lipinski definition) is 1. The second-order valence-electron chi connectivity index (χ2n) is 5.20. The molecule has 0 spiro atoms. The number of anilines is 1. The fourth-order valence-electron chi connectivity index (χ4n) is 2.50. The van der Waals surface area contributed by atoms with Crippen LogP contribution in [0.1, 0.15) is 10.4 Å². The van der Waals surface area contributed by atoms with Gasteiger partial charge in [-0.1, -0.05) is 12.1 Å². The number of carbonyl (C=O) groups is 1. The van der Waals surface area contributed by atoms with Crippen LogP contribution in [-0.2, 0) is 7.05 Å². The van der Waals surface area contributed by atoms with Crippen LogP contribution in [0.15, 0.2) is 55.1 Å². The standard InChI is InChI=1S/C16H13N7O/c1-22-20-13-7-6-11(8-14(13)21-22)19-16(24)12-4-2-3-5-15(12)23-10-17-9-18-23/h2-10H,1H3,(H,19,24).